The lowest BCUT2D eigenvalue weighted by molar-refractivity contribution is -0.137. The van der Waals surface area contributed by atoms with E-state index in [1.165, 1.54) is 12.1 Å². The summed E-state index contributed by atoms with van der Waals surface area (Å²) in [4.78, 5) is 12.2. The Morgan fingerprint density at radius 1 is 1.13 bits per heavy atom. The van der Waals surface area contributed by atoms with Gasteiger partial charge in [-0.3, -0.25) is 9.10 Å². The summed E-state index contributed by atoms with van der Waals surface area (Å²) in [6.07, 6.45) is -2.88. The van der Waals surface area contributed by atoms with Crippen LogP contribution in [0.3, 0.4) is 0 Å². The number of rotatable bonds is 8. The summed E-state index contributed by atoms with van der Waals surface area (Å²) in [7, 11) is -4.09. The molecule has 2 aromatic carbocycles. The van der Waals surface area contributed by atoms with Crippen molar-refractivity contribution >= 4 is 33.2 Å². The first-order valence-corrected chi connectivity index (χ1v) is 11.0. The Bertz CT molecular complexity index is 996. The van der Waals surface area contributed by atoms with Crippen molar-refractivity contribution in [1.82, 2.24) is 5.32 Å². The molecule has 30 heavy (non-hydrogen) atoms. The number of nitrogens with zero attached hydrogens (tertiary/aromatic N) is 1. The van der Waals surface area contributed by atoms with Gasteiger partial charge in [-0.05, 0) is 48.7 Å². The monoisotopic (exact) mass is 466 g/mol. The summed E-state index contributed by atoms with van der Waals surface area (Å²) in [5, 5.41) is 2.28. The number of carbonyl (C=O) groups excluding carboxylic acids is 1. The molecule has 2 aromatic rings. The summed E-state index contributed by atoms with van der Waals surface area (Å²) >= 11 is 5.90. The van der Waals surface area contributed by atoms with Crippen LogP contribution in [0, 0.1) is 5.82 Å². The second kappa shape index (κ2) is 9.65. The second-order valence-electron chi connectivity index (χ2n) is 6.51. The first-order valence-electron chi connectivity index (χ1n) is 8.73. The third-order valence-corrected chi connectivity index (χ3v) is 5.55. The summed E-state index contributed by atoms with van der Waals surface area (Å²) in [6.45, 7) is -0.527. The SMILES string of the molecule is CS(=O)(=O)N(CC(=O)NCCCc1ccc(F)cc1)c1cc(C(F)(F)F)ccc1Cl. The Morgan fingerprint density at radius 3 is 2.33 bits per heavy atom. The van der Waals surface area contributed by atoms with Gasteiger partial charge in [-0.2, -0.15) is 13.2 Å². The van der Waals surface area contributed by atoms with Crippen LogP contribution in [0.25, 0.3) is 0 Å². The van der Waals surface area contributed by atoms with Crippen molar-refractivity contribution in [3.05, 3.63) is 64.4 Å². The van der Waals surface area contributed by atoms with E-state index >= 15 is 0 Å². The minimum absolute atomic E-state index is 0.199. The van der Waals surface area contributed by atoms with Crippen LogP contribution >= 0.6 is 11.6 Å². The number of carbonyl (C=O) groups is 1. The van der Waals surface area contributed by atoms with Crippen LogP contribution in [0.4, 0.5) is 23.2 Å². The molecule has 2 rings (SSSR count). The zero-order chi connectivity index (χ0) is 22.5. The fourth-order valence-electron chi connectivity index (χ4n) is 2.62. The number of halogens is 5. The molecule has 0 bridgehead atoms. The number of benzene rings is 2. The van der Waals surface area contributed by atoms with Crippen LogP contribution in [0.15, 0.2) is 42.5 Å². The van der Waals surface area contributed by atoms with Crippen molar-refractivity contribution in [3.8, 4) is 0 Å². The molecule has 0 spiro atoms. The molecule has 0 atom stereocenters. The first-order chi connectivity index (χ1) is 13.9. The molecule has 0 saturated carbocycles. The third-order valence-electron chi connectivity index (χ3n) is 4.11. The number of hydrogen-bond acceptors (Lipinski definition) is 3. The highest BCUT2D eigenvalue weighted by Gasteiger charge is 2.33. The van der Waals surface area contributed by atoms with E-state index in [0.717, 1.165) is 24.0 Å². The molecule has 1 N–H and O–H groups in total. The lowest BCUT2D eigenvalue weighted by atomic mass is 10.1. The summed E-state index contributed by atoms with van der Waals surface area (Å²) in [5.41, 5.74) is -0.662. The Labute approximate surface area is 176 Å². The first kappa shape index (κ1) is 23.9. The van der Waals surface area contributed by atoms with Crippen molar-refractivity contribution in [2.24, 2.45) is 0 Å². The molecule has 0 unspecified atom stereocenters. The van der Waals surface area contributed by atoms with Gasteiger partial charge in [0.25, 0.3) is 0 Å². The van der Waals surface area contributed by atoms with Gasteiger partial charge < -0.3 is 5.32 Å². The maximum Gasteiger partial charge on any atom is 0.416 e. The summed E-state index contributed by atoms with van der Waals surface area (Å²) in [6, 6.07) is 8.09. The van der Waals surface area contributed by atoms with Gasteiger partial charge in [0.2, 0.25) is 15.9 Å². The molecule has 0 aromatic heterocycles. The highest BCUT2D eigenvalue weighted by molar-refractivity contribution is 7.92. The Morgan fingerprint density at radius 2 is 1.77 bits per heavy atom. The van der Waals surface area contributed by atoms with Gasteiger partial charge in [0.15, 0.2) is 0 Å². The van der Waals surface area contributed by atoms with E-state index in [2.05, 4.69) is 5.32 Å². The van der Waals surface area contributed by atoms with E-state index in [1.54, 1.807) is 12.1 Å². The van der Waals surface area contributed by atoms with Crippen LogP contribution < -0.4 is 9.62 Å². The van der Waals surface area contributed by atoms with Gasteiger partial charge in [-0.25, -0.2) is 12.8 Å². The molecule has 164 valence electrons. The minimum Gasteiger partial charge on any atom is -0.355 e. The fraction of sp³-hybridized carbons (Fsp3) is 0.316. The summed E-state index contributed by atoms with van der Waals surface area (Å²) < 4.78 is 76.5. The average Bonchev–Trinajstić information content (AvgIpc) is 2.63. The van der Waals surface area contributed by atoms with Gasteiger partial charge in [0.1, 0.15) is 12.4 Å². The van der Waals surface area contributed by atoms with Crippen LogP contribution in [0.2, 0.25) is 5.02 Å². The maximum absolute atomic E-state index is 13.0. The molecule has 5 nitrogen and oxygen atoms in total. The number of aryl methyl sites for hydroxylation is 1. The zero-order valence-corrected chi connectivity index (χ0v) is 17.4. The van der Waals surface area contributed by atoms with Gasteiger partial charge in [0, 0.05) is 6.54 Å². The molecular weight excluding hydrogens is 448 g/mol. The molecule has 0 aliphatic rings. The molecule has 0 fully saturated rings. The largest absolute Gasteiger partial charge is 0.416 e. The van der Waals surface area contributed by atoms with E-state index in [1.807, 2.05) is 0 Å². The Hall–Kier alpha value is -2.33. The molecule has 0 heterocycles. The quantitative estimate of drug-likeness (QED) is 0.472. The molecule has 0 aliphatic carbocycles. The van der Waals surface area contributed by atoms with Crippen LogP contribution in [-0.2, 0) is 27.4 Å². The molecule has 0 radical (unpaired) electrons. The standard InChI is InChI=1S/C19H19ClF4N2O3S/c1-30(28,29)26(17-11-14(19(22,23)24)6-9-16(17)20)12-18(27)25-10-2-3-13-4-7-15(21)8-5-13/h4-9,11H,2-3,10,12H2,1H3,(H,25,27). The van der Waals surface area contributed by atoms with Crippen molar-refractivity contribution in [3.63, 3.8) is 0 Å². The van der Waals surface area contributed by atoms with Crippen LogP contribution in [0.5, 0.6) is 0 Å². The summed E-state index contributed by atoms with van der Waals surface area (Å²) in [5.74, 6) is -1.06. The number of nitrogens with one attached hydrogen (secondary N) is 1. The Kier molecular flexibility index (Phi) is 7.70. The molecule has 0 saturated heterocycles. The van der Waals surface area contributed by atoms with E-state index in [-0.39, 0.29) is 17.4 Å². The number of amides is 1. The number of sulfonamides is 1. The molecule has 11 heteroatoms. The van der Waals surface area contributed by atoms with E-state index in [9.17, 15) is 30.8 Å². The Balaban J connectivity index is 2.05. The smallest absolute Gasteiger partial charge is 0.355 e. The lowest BCUT2D eigenvalue weighted by Crippen LogP contribution is -2.41. The maximum atomic E-state index is 13.0. The van der Waals surface area contributed by atoms with E-state index < -0.39 is 39.9 Å². The highest BCUT2D eigenvalue weighted by Crippen LogP contribution is 2.36. The number of alkyl halides is 3. The number of anilines is 1. The number of hydrogen-bond donors (Lipinski definition) is 1. The topological polar surface area (TPSA) is 66.5 Å². The van der Waals surface area contributed by atoms with Crippen molar-refractivity contribution in [2.45, 2.75) is 19.0 Å². The van der Waals surface area contributed by atoms with Crippen LogP contribution in [0.1, 0.15) is 17.5 Å². The van der Waals surface area contributed by atoms with Crippen molar-refractivity contribution in [1.29, 1.82) is 0 Å². The van der Waals surface area contributed by atoms with Gasteiger partial charge in [0.05, 0.1) is 22.5 Å². The highest BCUT2D eigenvalue weighted by atomic mass is 35.5. The van der Waals surface area contributed by atoms with Gasteiger partial charge in [-0.1, -0.05) is 23.7 Å². The average molecular weight is 467 g/mol. The zero-order valence-electron chi connectivity index (χ0n) is 15.8. The van der Waals surface area contributed by atoms with Crippen LogP contribution in [-0.4, -0.2) is 33.7 Å². The third kappa shape index (κ3) is 6.88. The van der Waals surface area contributed by atoms with Gasteiger partial charge >= 0.3 is 6.18 Å². The van der Waals surface area contributed by atoms with E-state index in [4.69, 9.17) is 11.6 Å². The van der Waals surface area contributed by atoms with Crippen molar-refractivity contribution < 1.29 is 30.8 Å². The van der Waals surface area contributed by atoms with Crippen molar-refractivity contribution in [2.75, 3.05) is 23.7 Å². The molecule has 0 aliphatic heterocycles. The van der Waals surface area contributed by atoms with Gasteiger partial charge in [-0.15, -0.1) is 0 Å². The van der Waals surface area contributed by atoms with E-state index in [0.29, 0.717) is 23.2 Å². The lowest BCUT2D eigenvalue weighted by Gasteiger charge is -2.24. The molecular formula is C19H19ClF4N2O3S. The minimum atomic E-state index is -4.70. The normalized spacial score (nSPS) is 11.9. The fourth-order valence-corrected chi connectivity index (χ4v) is 3.75. The predicted octanol–water partition coefficient (Wildman–Crippen LogP) is 4.01. The molecule has 1 amide bonds. The second-order valence-corrected chi connectivity index (χ2v) is 8.83. The predicted molar refractivity (Wildman–Crippen MR) is 106 cm³/mol.